The van der Waals surface area contributed by atoms with Crippen molar-refractivity contribution in [2.75, 3.05) is 0 Å². The van der Waals surface area contributed by atoms with Crippen molar-refractivity contribution in [1.29, 1.82) is 0 Å². The topological polar surface area (TPSA) is 63.1 Å². The van der Waals surface area contributed by atoms with E-state index in [2.05, 4.69) is 9.97 Å². The summed E-state index contributed by atoms with van der Waals surface area (Å²) in [5.74, 6) is -0.265. The fraction of sp³-hybridized carbons (Fsp3) is 0.583. The largest absolute Gasteiger partial charge is 0.478 e. The zero-order valence-corrected chi connectivity index (χ0v) is 10.4. The molecule has 0 saturated heterocycles. The zero-order chi connectivity index (χ0) is 12.1. The number of thioether (sulfide) groups is 1. The Hall–Kier alpha value is -1.10. The second kappa shape index (κ2) is 6.00. The Bertz CT molecular complexity index is 392. The minimum absolute atomic E-state index is 0.232. The summed E-state index contributed by atoms with van der Waals surface area (Å²) in [6.45, 7) is 0. The first kappa shape index (κ1) is 12.4. The van der Waals surface area contributed by atoms with Crippen LogP contribution in [0.4, 0.5) is 0 Å². The van der Waals surface area contributed by atoms with Crippen LogP contribution in [-0.4, -0.2) is 26.3 Å². The maximum absolute atomic E-state index is 11.0. The fourth-order valence-electron chi connectivity index (χ4n) is 2.08. The normalized spacial score (nSPS) is 16.9. The molecule has 1 aromatic heterocycles. The number of hydrogen-bond donors (Lipinski definition) is 1. The van der Waals surface area contributed by atoms with Gasteiger partial charge in [-0.15, -0.1) is 0 Å². The van der Waals surface area contributed by atoms with E-state index in [1.165, 1.54) is 44.6 Å². The Kier molecular flexibility index (Phi) is 4.36. The molecular weight excluding hydrogens is 236 g/mol. The number of aromatic carboxylic acids is 1. The molecule has 2 rings (SSSR count). The number of aromatic nitrogens is 2. The van der Waals surface area contributed by atoms with Gasteiger partial charge in [-0.3, -0.25) is 0 Å². The molecule has 1 heterocycles. The lowest BCUT2D eigenvalue weighted by Gasteiger charge is -2.20. The third kappa shape index (κ3) is 3.43. The molecule has 0 radical (unpaired) electrons. The maximum atomic E-state index is 11.0. The van der Waals surface area contributed by atoms with Gasteiger partial charge in [0, 0.05) is 17.2 Å². The maximum Gasteiger partial charge on any atom is 0.339 e. The van der Waals surface area contributed by atoms with E-state index in [1.807, 2.05) is 11.8 Å². The first-order valence-electron chi connectivity index (χ1n) is 5.91. The number of rotatable bonds is 4. The first-order chi connectivity index (χ1) is 8.27. The van der Waals surface area contributed by atoms with Crippen molar-refractivity contribution in [3.63, 3.8) is 0 Å². The average Bonchev–Trinajstić information content (AvgIpc) is 2.38. The van der Waals surface area contributed by atoms with E-state index in [0.717, 1.165) is 0 Å². The van der Waals surface area contributed by atoms with Crippen molar-refractivity contribution in [1.82, 2.24) is 9.97 Å². The van der Waals surface area contributed by atoms with Crippen LogP contribution in [0, 0.1) is 0 Å². The zero-order valence-electron chi connectivity index (χ0n) is 9.63. The van der Waals surface area contributed by atoms with Gasteiger partial charge in [0.25, 0.3) is 0 Å². The second-order valence-corrected chi connectivity index (χ2v) is 5.55. The third-order valence-corrected chi connectivity index (χ3v) is 4.42. The first-order valence-corrected chi connectivity index (χ1v) is 6.96. The lowest BCUT2D eigenvalue weighted by atomic mass is 10.0. The van der Waals surface area contributed by atoms with Gasteiger partial charge < -0.3 is 5.11 Å². The molecule has 5 heteroatoms. The molecule has 1 aromatic rings. The summed E-state index contributed by atoms with van der Waals surface area (Å²) in [6.07, 6.45) is 9.23. The minimum atomic E-state index is -0.940. The molecule has 0 unspecified atom stereocenters. The van der Waals surface area contributed by atoms with Gasteiger partial charge in [-0.1, -0.05) is 19.3 Å². The predicted molar refractivity (Wildman–Crippen MR) is 67.2 cm³/mol. The summed E-state index contributed by atoms with van der Waals surface area (Å²) in [5, 5.41) is 9.68. The van der Waals surface area contributed by atoms with Crippen LogP contribution >= 0.6 is 11.8 Å². The molecule has 1 aliphatic rings. The van der Waals surface area contributed by atoms with Gasteiger partial charge >= 0.3 is 5.97 Å². The van der Waals surface area contributed by atoms with Crippen LogP contribution in [0.15, 0.2) is 12.5 Å². The van der Waals surface area contributed by atoms with Crippen LogP contribution in [0.1, 0.15) is 48.2 Å². The number of carboxylic acids is 1. The number of carboxylic acid groups (broad SMARTS) is 1. The Morgan fingerprint density at radius 3 is 2.88 bits per heavy atom. The molecule has 0 aromatic carbocycles. The number of hydrogen-bond acceptors (Lipinski definition) is 4. The Morgan fingerprint density at radius 2 is 2.18 bits per heavy atom. The van der Waals surface area contributed by atoms with Gasteiger partial charge in [-0.05, 0) is 12.8 Å². The monoisotopic (exact) mass is 252 g/mol. The summed E-state index contributed by atoms with van der Waals surface area (Å²) < 4.78 is 0. The smallest absolute Gasteiger partial charge is 0.339 e. The molecule has 4 nitrogen and oxygen atoms in total. The molecule has 1 fully saturated rings. The van der Waals surface area contributed by atoms with Gasteiger partial charge in [-0.2, -0.15) is 11.8 Å². The molecule has 0 atom stereocenters. The predicted octanol–water partition coefficient (Wildman–Crippen LogP) is 2.74. The van der Waals surface area contributed by atoms with E-state index < -0.39 is 5.97 Å². The lowest BCUT2D eigenvalue weighted by molar-refractivity contribution is 0.0695. The standard InChI is InChI=1S/C12H16N2O2S/c15-12(16)10-6-13-8-14-11(10)7-17-9-4-2-1-3-5-9/h6,8-9H,1-5,7H2,(H,15,16). The number of nitrogens with zero attached hydrogens (tertiary/aromatic N) is 2. The van der Waals surface area contributed by atoms with Crippen LogP contribution in [0.3, 0.4) is 0 Å². The molecular formula is C12H16N2O2S. The van der Waals surface area contributed by atoms with Crippen LogP contribution in [0.2, 0.25) is 0 Å². The molecule has 0 amide bonds. The van der Waals surface area contributed by atoms with Gasteiger partial charge in [0.2, 0.25) is 0 Å². The summed E-state index contributed by atoms with van der Waals surface area (Å²) in [4.78, 5) is 18.8. The fourth-order valence-corrected chi connectivity index (χ4v) is 3.37. The van der Waals surface area contributed by atoms with E-state index in [9.17, 15) is 4.79 Å². The van der Waals surface area contributed by atoms with Crippen molar-refractivity contribution in [2.45, 2.75) is 43.1 Å². The summed E-state index contributed by atoms with van der Waals surface area (Å²) in [6, 6.07) is 0. The quantitative estimate of drug-likeness (QED) is 0.892. The van der Waals surface area contributed by atoms with Crippen molar-refractivity contribution < 1.29 is 9.90 Å². The van der Waals surface area contributed by atoms with Crippen LogP contribution < -0.4 is 0 Å². The van der Waals surface area contributed by atoms with E-state index in [-0.39, 0.29) is 5.56 Å². The van der Waals surface area contributed by atoms with E-state index >= 15 is 0 Å². The number of carbonyl (C=O) groups is 1. The van der Waals surface area contributed by atoms with Crippen molar-refractivity contribution in [3.05, 3.63) is 23.8 Å². The molecule has 1 N–H and O–H groups in total. The van der Waals surface area contributed by atoms with E-state index in [0.29, 0.717) is 16.7 Å². The SMILES string of the molecule is O=C(O)c1cncnc1CSC1CCCCC1. The molecule has 0 bridgehead atoms. The molecule has 92 valence electrons. The van der Waals surface area contributed by atoms with Crippen molar-refractivity contribution >= 4 is 17.7 Å². The van der Waals surface area contributed by atoms with Crippen molar-refractivity contribution in [2.24, 2.45) is 0 Å². The summed E-state index contributed by atoms with van der Waals surface area (Å²) >= 11 is 1.83. The second-order valence-electron chi connectivity index (χ2n) is 4.26. The molecule has 1 saturated carbocycles. The van der Waals surface area contributed by atoms with Gasteiger partial charge in [0.1, 0.15) is 11.9 Å². The highest BCUT2D eigenvalue weighted by Crippen LogP contribution is 2.30. The van der Waals surface area contributed by atoms with E-state index in [4.69, 9.17) is 5.11 Å². The highest BCUT2D eigenvalue weighted by molar-refractivity contribution is 7.99. The summed E-state index contributed by atoms with van der Waals surface area (Å²) in [7, 11) is 0. The minimum Gasteiger partial charge on any atom is -0.478 e. The Morgan fingerprint density at radius 1 is 1.41 bits per heavy atom. The Labute approximate surface area is 105 Å². The molecule has 0 spiro atoms. The van der Waals surface area contributed by atoms with Gasteiger partial charge in [-0.25, -0.2) is 14.8 Å². The highest BCUT2D eigenvalue weighted by Gasteiger charge is 2.16. The lowest BCUT2D eigenvalue weighted by Crippen LogP contribution is -2.10. The highest BCUT2D eigenvalue weighted by atomic mass is 32.2. The molecule has 1 aliphatic carbocycles. The average molecular weight is 252 g/mol. The van der Waals surface area contributed by atoms with Crippen molar-refractivity contribution in [3.8, 4) is 0 Å². The summed E-state index contributed by atoms with van der Waals surface area (Å²) in [5.41, 5.74) is 0.874. The van der Waals surface area contributed by atoms with Gasteiger partial charge in [0.15, 0.2) is 0 Å². The third-order valence-electron chi connectivity index (χ3n) is 3.03. The van der Waals surface area contributed by atoms with Crippen LogP contribution in [0.25, 0.3) is 0 Å². The molecule has 17 heavy (non-hydrogen) atoms. The molecule has 0 aliphatic heterocycles. The van der Waals surface area contributed by atoms with Crippen LogP contribution in [-0.2, 0) is 5.75 Å². The van der Waals surface area contributed by atoms with Crippen LogP contribution in [0.5, 0.6) is 0 Å². The Balaban J connectivity index is 1.96. The van der Waals surface area contributed by atoms with E-state index in [1.54, 1.807) is 0 Å². The van der Waals surface area contributed by atoms with Gasteiger partial charge in [0.05, 0.1) is 5.69 Å².